The average Bonchev–Trinajstić information content (AvgIpc) is 2.35. The van der Waals surface area contributed by atoms with Gasteiger partial charge in [-0.05, 0) is 41.5 Å². The van der Waals surface area contributed by atoms with Crippen molar-refractivity contribution < 1.29 is 0 Å². The van der Waals surface area contributed by atoms with E-state index in [2.05, 4.69) is 85.4 Å². The molecule has 0 bridgehead atoms. The summed E-state index contributed by atoms with van der Waals surface area (Å²) in [5.74, 6) is 0. The van der Waals surface area contributed by atoms with Gasteiger partial charge in [-0.25, -0.2) is 0 Å². The molecule has 0 aliphatic carbocycles. The second kappa shape index (κ2) is 6.41. The second-order valence-electron chi connectivity index (χ2n) is 7.67. The van der Waals surface area contributed by atoms with Crippen molar-refractivity contribution in [1.29, 1.82) is 0 Å². The van der Waals surface area contributed by atoms with Gasteiger partial charge in [-0.3, -0.25) is 0 Å². The van der Waals surface area contributed by atoms with Gasteiger partial charge in [0.1, 0.15) is 7.59 Å². The van der Waals surface area contributed by atoms with Gasteiger partial charge in [-0.1, -0.05) is 87.7 Å². The Hall–Kier alpha value is -1.13. The third-order valence-corrected chi connectivity index (χ3v) is 18.4. The van der Waals surface area contributed by atoms with E-state index in [0.29, 0.717) is 0 Å². The zero-order valence-electron chi connectivity index (χ0n) is 16.3. The molecule has 0 unspecified atom stereocenters. The fraction of sp³-hybridized carbons (Fsp3) is 0.429. The van der Waals surface area contributed by atoms with E-state index < -0.39 is 15.9 Å². The lowest BCUT2D eigenvalue weighted by atomic mass is 10.1. The summed E-state index contributed by atoms with van der Waals surface area (Å²) in [6.07, 6.45) is 0. The van der Waals surface area contributed by atoms with Crippen LogP contribution in [0.25, 0.3) is 0 Å². The van der Waals surface area contributed by atoms with Crippen LogP contribution in [0.2, 0.25) is 19.6 Å². The van der Waals surface area contributed by atoms with E-state index in [-0.39, 0.29) is 0 Å². The monoisotopic (exact) mass is 339 g/mol. The highest BCUT2D eigenvalue weighted by molar-refractivity contribution is 7.43. The summed E-state index contributed by atoms with van der Waals surface area (Å²) in [6.45, 7) is 21.4. The molecule has 2 aromatic rings. The molecule has 123 valence electrons. The summed E-state index contributed by atoms with van der Waals surface area (Å²) in [5.41, 5.74) is 8.78. The minimum absolute atomic E-state index is 0.451. The minimum Gasteiger partial charge on any atom is -0.0727 e. The molecule has 23 heavy (non-hydrogen) atoms. The smallest absolute Gasteiger partial charge is 0.0727 e. The van der Waals surface area contributed by atoms with Crippen LogP contribution < -0.4 is 10.4 Å². The SMILES string of the molecule is Cc1cc(C)c([Si](C)(c2c(C)cc(C)cc2C)[Si](C)C)c(C)c1. The lowest BCUT2D eigenvalue weighted by Gasteiger charge is -2.37. The van der Waals surface area contributed by atoms with E-state index in [1.807, 2.05) is 0 Å². The molecule has 2 heteroatoms. The van der Waals surface area contributed by atoms with Gasteiger partial charge in [0.15, 0.2) is 0 Å². The Balaban J connectivity index is 2.87. The molecule has 0 heterocycles. The fourth-order valence-corrected chi connectivity index (χ4v) is 14.6. The van der Waals surface area contributed by atoms with Crippen LogP contribution in [-0.4, -0.2) is 15.9 Å². The van der Waals surface area contributed by atoms with E-state index in [4.69, 9.17) is 0 Å². The minimum atomic E-state index is -1.70. The number of rotatable bonds is 3. The standard InChI is InChI=1S/C21H31Si2/c1-14-10-16(3)20(17(4)11-14)23(9,22(7)8)21-18(5)12-15(2)13-19(21)6/h10-13H,1-9H3. The van der Waals surface area contributed by atoms with Crippen LogP contribution >= 0.6 is 0 Å². The highest BCUT2D eigenvalue weighted by atomic mass is 29.2. The quantitative estimate of drug-likeness (QED) is 0.719. The summed E-state index contributed by atoms with van der Waals surface area (Å²) in [4.78, 5) is 0. The number of benzene rings is 2. The van der Waals surface area contributed by atoms with Crippen LogP contribution in [0.3, 0.4) is 0 Å². The van der Waals surface area contributed by atoms with Crippen molar-refractivity contribution in [2.75, 3.05) is 0 Å². The molecule has 0 saturated heterocycles. The van der Waals surface area contributed by atoms with E-state index in [1.165, 1.54) is 33.4 Å². The first-order valence-electron chi connectivity index (χ1n) is 8.56. The Labute approximate surface area is 145 Å². The molecule has 1 radical (unpaired) electrons. The first kappa shape index (κ1) is 18.2. The predicted molar refractivity (Wildman–Crippen MR) is 110 cm³/mol. The first-order chi connectivity index (χ1) is 10.6. The van der Waals surface area contributed by atoms with Gasteiger partial charge in [0.05, 0.1) is 0 Å². The number of aryl methyl sites for hydroxylation is 6. The molecule has 2 rings (SSSR count). The lowest BCUT2D eigenvalue weighted by molar-refractivity contribution is 1.33. The van der Waals surface area contributed by atoms with Gasteiger partial charge in [-0.15, -0.1) is 0 Å². The summed E-state index contributed by atoms with van der Waals surface area (Å²) in [7, 11) is -2.15. The van der Waals surface area contributed by atoms with Gasteiger partial charge < -0.3 is 0 Å². The van der Waals surface area contributed by atoms with Crippen molar-refractivity contribution >= 4 is 26.3 Å². The third-order valence-electron chi connectivity index (χ3n) is 5.35. The third kappa shape index (κ3) is 3.11. The lowest BCUT2D eigenvalue weighted by Crippen LogP contribution is -2.67. The van der Waals surface area contributed by atoms with Crippen molar-refractivity contribution in [3.63, 3.8) is 0 Å². The Morgan fingerprint density at radius 3 is 1.09 bits per heavy atom. The topological polar surface area (TPSA) is 0 Å². The normalized spacial score (nSPS) is 12.1. The Morgan fingerprint density at radius 1 is 0.609 bits per heavy atom. The summed E-state index contributed by atoms with van der Waals surface area (Å²) in [5, 5.41) is 3.38. The van der Waals surface area contributed by atoms with Gasteiger partial charge in [0.25, 0.3) is 0 Å². The fourth-order valence-electron chi connectivity index (χ4n) is 4.56. The molecular weight excluding hydrogens is 308 g/mol. The van der Waals surface area contributed by atoms with E-state index >= 15 is 0 Å². The van der Waals surface area contributed by atoms with Gasteiger partial charge in [0, 0.05) is 8.31 Å². The Kier molecular flexibility index (Phi) is 5.07. The van der Waals surface area contributed by atoms with Crippen LogP contribution in [0, 0.1) is 41.5 Å². The number of hydrogen-bond acceptors (Lipinski definition) is 0. The largest absolute Gasteiger partial charge is 0.106 e. The molecule has 0 N–H and O–H groups in total. The van der Waals surface area contributed by atoms with E-state index in [1.54, 1.807) is 10.4 Å². The maximum atomic E-state index is 2.62. The first-order valence-corrected chi connectivity index (χ1v) is 14.6. The molecule has 0 nitrogen and oxygen atoms in total. The van der Waals surface area contributed by atoms with Gasteiger partial charge >= 0.3 is 0 Å². The number of hydrogen-bond donors (Lipinski definition) is 0. The summed E-state index contributed by atoms with van der Waals surface area (Å²) >= 11 is 0. The van der Waals surface area contributed by atoms with Crippen LogP contribution in [0.1, 0.15) is 33.4 Å². The summed E-state index contributed by atoms with van der Waals surface area (Å²) < 4.78 is 0. The van der Waals surface area contributed by atoms with Crippen molar-refractivity contribution in [3.05, 3.63) is 57.6 Å². The summed E-state index contributed by atoms with van der Waals surface area (Å²) in [6, 6.07) is 9.54. The molecule has 0 aromatic heterocycles. The molecule has 0 saturated carbocycles. The van der Waals surface area contributed by atoms with Crippen molar-refractivity contribution in [3.8, 4) is 0 Å². The Bertz CT molecular complexity index is 638. The molecule has 0 aliphatic rings. The van der Waals surface area contributed by atoms with Crippen molar-refractivity contribution in [2.45, 2.75) is 61.2 Å². The molecule has 0 atom stereocenters. The van der Waals surface area contributed by atoms with Gasteiger partial charge in [0.2, 0.25) is 0 Å². The maximum Gasteiger partial charge on any atom is 0.106 e. The van der Waals surface area contributed by atoms with E-state index in [0.717, 1.165) is 0 Å². The van der Waals surface area contributed by atoms with Crippen LogP contribution in [0.5, 0.6) is 0 Å². The molecule has 0 aliphatic heterocycles. The molecule has 0 spiro atoms. The molecule has 2 aromatic carbocycles. The zero-order chi connectivity index (χ0) is 17.5. The van der Waals surface area contributed by atoms with Crippen molar-refractivity contribution in [2.24, 2.45) is 0 Å². The second-order valence-corrected chi connectivity index (χ2v) is 18.9. The molecule has 0 fully saturated rings. The van der Waals surface area contributed by atoms with Crippen LogP contribution in [0.15, 0.2) is 24.3 Å². The highest BCUT2D eigenvalue weighted by Gasteiger charge is 2.40. The van der Waals surface area contributed by atoms with Gasteiger partial charge in [-0.2, -0.15) is 0 Å². The van der Waals surface area contributed by atoms with Crippen LogP contribution in [-0.2, 0) is 0 Å². The molecule has 0 amide bonds. The molecular formula is C21H31Si2. The maximum absolute atomic E-state index is 2.62. The van der Waals surface area contributed by atoms with E-state index in [9.17, 15) is 0 Å². The van der Waals surface area contributed by atoms with Crippen LogP contribution in [0.4, 0.5) is 0 Å². The Morgan fingerprint density at radius 2 is 0.870 bits per heavy atom. The zero-order valence-corrected chi connectivity index (χ0v) is 18.3. The van der Waals surface area contributed by atoms with Crippen molar-refractivity contribution in [1.82, 2.24) is 0 Å². The average molecular weight is 340 g/mol. The predicted octanol–water partition coefficient (Wildman–Crippen LogP) is 4.56. The highest BCUT2D eigenvalue weighted by Crippen LogP contribution is 2.20.